The minimum absolute atomic E-state index is 0.397. The number of benzene rings is 1. The Morgan fingerprint density at radius 1 is 1.16 bits per heavy atom. The van der Waals surface area contributed by atoms with Gasteiger partial charge in [0.2, 0.25) is 0 Å². The van der Waals surface area contributed by atoms with Crippen LogP contribution >= 0.6 is 11.3 Å². The Labute approximate surface area is 119 Å². The maximum Gasteiger partial charge on any atom is 0.118 e. The van der Waals surface area contributed by atoms with Crippen LogP contribution in [0.25, 0.3) is 0 Å². The van der Waals surface area contributed by atoms with Gasteiger partial charge in [0.15, 0.2) is 0 Å². The lowest BCUT2D eigenvalue weighted by atomic mass is 10.0. The monoisotopic (exact) mass is 275 g/mol. The van der Waals surface area contributed by atoms with E-state index in [4.69, 9.17) is 4.74 Å². The van der Waals surface area contributed by atoms with Gasteiger partial charge in [-0.05, 0) is 43.2 Å². The standard InChI is InChI=1S/C16H21NOS/c1-4-16(13-6-8-14(18-3)9-7-13)17-11-15-10-5-12(2)19-15/h5-10,16-17H,4,11H2,1-3H3. The zero-order chi connectivity index (χ0) is 13.7. The summed E-state index contributed by atoms with van der Waals surface area (Å²) in [4.78, 5) is 2.76. The van der Waals surface area contributed by atoms with Crippen molar-refractivity contribution in [2.24, 2.45) is 0 Å². The molecule has 0 radical (unpaired) electrons. The molecule has 1 aromatic carbocycles. The Hall–Kier alpha value is -1.32. The number of rotatable bonds is 6. The smallest absolute Gasteiger partial charge is 0.118 e. The average Bonchev–Trinajstić information content (AvgIpc) is 2.86. The Kier molecular flexibility index (Phi) is 5.00. The lowest BCUT2D eigenvalue weighted by Gasteiger charge is -2.17. The zero-order valence-electron chi connectivity index (χ0n) is 11.8. The number of aryl methyl sites for hydroxylation is 1. The van der Waals surface area contributed by atoms with Crippen molar-refractivity contribution in [2.75, 3.05) is 7.11 Å². The van der Waals surface area contributed by atoms with Crippen molar-refractivity contribution in [1.29, 1.82) is 0 Å². The second kappa shape index (κ2) is 6.73. The van der Waals surface area contributed by atoms with E-state index in [0.717, 1.165) is 18.7 Å². The molecule has 0 aliphatic heterocycles. The molecular formula is C16H21NOS. The summed E-state index contributed by atoms with van der Waals surface area (Å²) in [6, 6.07) is 13.1. The van der Waals surface area contributed by atoms with Crippen LogP contribution in [0, 0.1) is 6.92 Å². The van der Waals surface area contributed by atoms with Crippen molar-refractivity contribution < 1.29 is 4.74 Å². The topological polar surface area (TPSA) is 21.3 Å². The molecule has 1 N–H and O–H groups in total. The summed E-state index contributed by atoms with van der Waals surface area (Å²) in [5.74, 6) is 0.910. The lowest BCUT2D eigenvalue weighted by Crippen LogP contribution is -2.19. The van der Waals surface area contributed by atoms with Crippen molar-refractivity contribution in [3.8, 4) is 5.75 Å². The minimum atomic E-state index is 0.397. The van der Waals surface area contributed by atoms with E-state index in [1.54, 1.807) is 7.11 Å². The molecule has 0 bridgehead atoms. The molecule has 0 aliphatic carbocycles. The molecule has 1 heterocycles. The van der Waals surface area contributed by atoms with E-state index in [0.29, 0.717) is 6.04 Å². The molecule has 2 aromatic rings. The molecule has 1 unspecified atom stereocenters. The van der Waals surface area contributed by atoms with E-state index >= 15 is 0 Å². The lowest BCUT2D eigenvalue weighted by molar-refractivity contribution is 0.414. The first-order chi connectivity index (χ1) is 9.22. The second-order valence-electron chi connectivity index (χ2n) is 4.63. The van der Waals surface area contributed by atoms with E-state index < -0.39 is 0 Å². The third kappa shape index (κ3) is 3.82. The molecule has 2 nitrogen and oxygen atoms in total. The fourth-order valence-corrected chi connectivity index (χ4v) is 2.98. The van der Waals surface area contributed by atoms with Crippen LogP contribution in [-0.2, 0) is 6.54 Å². The SMILES string of the molecule is CCC(NCc1ccc(C)s1)c1ccc(OC)cc1. The second-order valence-corrected chi connectivity index (χ2v) is 6.00. The van der Waals surface area contributed by atoms with Crippen molar-refractivity contribution in [1.82, 2.24) is 5.32 Å². The first-order valence-corrected chi connectivity index (χ1v) is 7.47. The Morgan fingerprint density at radius 2 is 1.89 bits per heavy atom. The van der Waals surface area contributed by atoms with Crippen LogP contribution < -0.4 is 10.1 Å². The van der Waals surface area contributed by atoms with Crippen molar-refractivity contribution >= 4 is 11.3 Å². The molecule has 0 aliphatic rings. The summed E-state index contributed by atoms with van der Waals surface area (Å²) in [7, 11) is 1.70. The Bertz CT molecular complexity index is 504. The first kappa shape index (κ1) is 14.1. The summed E-state index contributed by atoms with van der Waals surface area (Å²) in [5, 5.41) is 3.62. The van der Waals surface area contributed by atoms with E-state index in [1.807, 2.05) is 23.5 Å². The van der Waals surface area contributed by atoms with Gasteiger partial charge in [-0.2, -0.15) is 0 Å². The molecule has 0 saturated heterocycles. The fourth-order valence-electron chi connectivity index (χ4n) is 2.14. The third-order valence-electron chi connectivity index (χ3n) is 3.25. The molecule has 0 fully saturated rings. The van der Waals surface area contributed by atoms with Crippen LogP contribution in [-0.4, -0.2) is 7.11 Å². The van der Waals surface area contributed by atoms with Crippen molar-refractivity contribution in [3.05, 3.63) is 51.7 Å². The molecule has 1 atom stereocenters. The molecule has 1 aromatic heterocycles. The summed E-state index contributed by atoms with van der Waals surface area (Å²) < 4.78 is 5.20. The maximum atomic E-state index is 5.20. The molecule has 19 heavy (non-hydrogen) atoms. The number of thiophene rings is 1. The van der Waals surface area contributed by atoms with Crippen molar-refractivity contribution in [3.63, 3.8) is 0 Å². The van der Waals surface area contributed by atoms with Gasteiger partial charge in [0.1, 0.15) is 5.75 Å². The van der Waals surface area contributed by atoms with Gasteiger partial charge < -0.3 is 10.1 Å². The predicted octanol–water partition coefficient (Wildman–Crippen LogP) is 4.31. The van der Waals surface area contributed by atoms with Gasteiger partial charge in [-0.3, -0.25) is 0 Å². The number of hydrogen-bond donors (Lipinski definition) is 1. The molecule has 0 amide bonds. The number of hydrogen-bond acceptors (Lipinski definition) is 3. The average molecular weight is 275 g/mol. The van der Waals surface area contributed by atoms with Crippen LogP contribution in [0.5, 0.6) is 5.75 Å². The van der Waals surface area contributed by atoms with Crippen LogP contribution in [0.2, 0.25) is 0 Å². The minimum Gasteiger partial charge on any atom is -0.497 e. The maximum absolute atomic E-state index is 5.20. The molecule has 0 spiro atoms. The van der Waals surface area contributed by atoms with Gasteiger partial charge in [0.05, 0.1) is 7.11 Å². The summed E-state index contributed by atoms with van der Waals surface area (Å²) in [6.07, 6.45) is 1.08. The predicted molar refractivity (Wildman–Crippen MR) is 81.9 cm³/mol. The molecule has 0 saturated carbocycles. The zero-order valence-corrected chi connectivity index (χ0v) is 12.6. The van der Waals surface area contributed by atoms with Crippen LogP contribution in [0.15, 0.2) is 36.4 Å². The van der Waals surface area contributed by atoms with Gasteiger partial charge in [-0.15, -0.1) is 11.3 Å². The summed E-state index contributed by atoms with van der Waals surface area (Å²) in [5.41, 5.74) is 1.32. The van der Waals surface area contributed by atoms with Crippen LogP contribution in [0.4, 0.5) is 0 Å². The summed E-state index contributed by atoms with van der Waals surface area (Å²) >= 11 is 1.86. The highest BCUT2D eigenvalue weighted by atomic mass is 32.1. The highest BCUT2D eigenvalue weighted by molar-refractivity contribution is 7.11. The Morgan fingerprint density at radius 3 is 2.42 bits per heavy atom. The highest BCUT2D eigenvalue weighted by Crippen LogP contribution is 2.22. The van der Waals surface area contributed by atoms with E-state index in [1.165, 1.54) is 15.3 Å². The quantitative estimate of drug-likeness (QED) is 0.848. The van der Waals surface area contributed by atoms with E-state index in [2.05, 4.69) is 43.4 Å². The highest BCUT2D eigenvalue weighted by Gasteiger charge is 2.09. The number of nitrogens with one attached hydrogen (secondary N) is 1. The van der Waals surface area contributed by atoms with Crippen LogP contribution in [0.3, 0.4) is 0 Å². The van der Waals surface area contributed by atoms with Gasteiger partial charge in [-0.1, -0.05) is 19.1 Å². The van der Waals surface area contributed by atoms with Gasteiger partial charge in [0, 0.05) is 22.3 Å². The van der Waals surface area contributed by atoms with Crippen LogP contribution in [0.1, 0.15) is 34.7 Å². The van der Waals surface area contributed by atoms with E-state index in [9.17, 15) is 0 Å². The number of methoxy groups -OCH3 is 1. The van der Waals surface area contributed by atoms with Crippen molar-refractivity contribution in [2.45, 2.75) is 32.9 Å². The molecular weight excluding hydrogens is 254 g/mol. The molecule has 102 valence electrons. The Balaban J connectivity index is 1.98. The van der Waals surface area contributed by atoms with Gasteiger partial charge in [0.25, 0.3) is 0 Å². The van der Waals surface area contributed by atoms with Gasteiger partial charge >= 0.3 is 0 Å². The van der Waals surface area contributed by atoms with Gasteiger partial charge in [-0.25, -0.2) is 0 Å². The molecule has 3 heteroatoms. The van der Waals surface area contributed by atoms with E-state index in [-0.39, 0.29) is 0 Å². The fraction of sp³-hybridized carbons (Fsp3) is 0.375. The molecule has 2 rings (SSSR count). The summed E-state index contributed by atoms with van der Waals surface area (Å²) in [6.45, 7) is 5.29. The first-order valence-electron chi connectivity index (χ1n) is 6.65. The largest absolute Gasteiger partial charge is 0.497 e. The number of ether oxygens (including phenoxy) is 1. The third-order valence-corrected chi connectivity index (χ3v) is 4.25. The normalized spacial score (nSPS) is 12.4.